The SMILES string of the molecule is CCCCCCCCCCCCC/C=C/[C@@H](O)[C@H](CO[C@@H]1O[C@H](CO)[C@@H](O[C@@H]2O[C@H](CO)[C@H](O[C@@H]3O[C@H](CO)[C@H](O)[C@H](O[C@@H]4O[C@H](CO)[C@H](O)[C@H](O)[C@H]4O)[C@H]3NC(C)=O)[C@H](O[C@]3(C(=O)O)C[C@H](O)[C@@H](NC(C)=O)[C@H]([C@H](O)[C@H](O)CO)O3)[C@H]2O)[C@H](O)[C@H]1O)NC(=O)CCCCCCCCCCCCCCCCC.[H-].[Na+]. The number of carbonyl (C=O) groups is 4. The number of carboxylic acid groups (broad SMARTS) is 1. The Bertz CT molecular complexity index is 2520. The number of carbonyl (C=O) groups excluding carboxylic acids is 3. The summed E-state index contributed by atoms with van der Waals surface area (Å²) in [6, 6.07) is -4.81. The monoisotopic (exact) mass is 1570 g/mol. The van der Waals surface area contributed by atoms with Crippen LogP contribution in [0.25, 0.3) is 0 Å². The second-order valence-electron chi connectivity index (χ2n) is 29.3. The maximum Gasteiger partial charge on any atom is 1.00 e. The van der Waals surface area contributed by atoms with E-state index in [0.29, 0.717) is 12.8 Å². The van der Waals surface area contributed by atoms with Crippen molar-refractivity contribution in [2.45, 2.75) is 385 Å². The second kappa shape index (κ2) is 52.2. The standard InChI is InChI=1S/C73H131N3O31.Na.H/c1-5-7-9-11-13-15-17-19-20-22-24-26-28-30-32-34-52(87)76-44(45(84)33-31-29-27-25-23-21-18-16-14-12-10-8-6-2)41-98-69-61(94)59(92)63(50(39-80)101-69)103-71-62(95)67(107-73(72(96)97)35-46(85)53(74-42(3)82)66(106-73)55(88)47(86)36-77)64(51(40-81)102-71)104-68-54(75-43(4)83)65(57(90)49(38-79)99-68)105-70-60(93)58(91)56(89)48(37-78)100-70;;/h31,33,44-51,53-71,77-81,84-86,88-95H,5-30,32,34-41H2,1-4H3,(H,74,82)(H,75,83)(H,76,87)(H,96,97);;/q;+1;-1/b33-31+;;/t44-,45+,46-,47+,48+,49+,50+,51+,53+,54+,55+,56-,57-,58-,59+,60+,61+,62+,63+,64-,65+,66+,67+,68-,69+,70-,71-,73-;;/m0../s1. The molecule has 5 heterocycles. The summed E-state index contributed by atoms with van der Waals surface area (Å²) in [6.45, 7) is 0.317. The number of amides is 3. The van der Waals surface area contributed by atoms with E-state index in [9.17, 15) is 106 Å². The van der Waals surface area contributed by atoms with Crippen LogP contribution in [0.15, 0.2) is 12.2 Å². The molecule has 0 aromatic carbocycles. The first-order valence-corrected chi connectivity index (χ1v) is 39.1. The van der Waals surface area contributed by atoms with Gasteiger partial charge in [-0.15, -0.1) is 0 Å². The van der Waals surface area contributed by atoms with Gasteiger partial charge in [-0.25, -0.2) is 4.79 Å². The third kappa shape index (κ3) is 30.3. The molecule has 0 unspecified atom stereocenters. The molecule has 0 aromatic heterocycles. The van der Waals surface area contributed by atoms with Crippen LogP contribution in [0.3, 0.4) is 0 Å². The molecule has 5 fully saturated rings. The fraction of sp³-hybridized carbons (Fsp3) is 0.918. The molecule has 0 aliphatic carbocycles. The fourth-order valence-electron chi connectivity index (χ4n) is 14.3. The first kappa shape index (κ1) is 97.9. The van der Waals surface area contributed by atoms with E-state index in [1.165, 1.54) is 103 Å². The molecule has 0 radical (unpaired) electrons. The molecule has 0 spiro atoms. The molecule has 0 bridgehead atoms. The number of hydrogen-bond donors (Lipinski definition) is 20. The Kier molecular flexibility index (Phi) is 47.4. The van der Waals surface area contributed by atoms with Crippen LogP contribution in [0.4, 0.5) is 0 Å². The Morgan fingerprint density at radius 1 is 0.500 bits per heavy atom. The number of nitrogens with one attached hydrogen (secondary N) is 3. The topological polar surface area (TPSA) is 541 Å². The van der Waals surface area contributed by atoms with Gasteiger partial charge in [0.05, 0.1) is 63.9 Å². The van der Waals surface area contributed by atoms with Gasteiger partial charge in [-0.3, -0.25) is 14.4 Å². The zero-order chi connectivity index (χ0) is 78.8. The molecule has 5 aliphatic rings. The first-order chi connectivity index (χ1) is 51.3. The van der Waals surface area contributed by atoms with Crippen molar-refractivity contribution >= 4 is 23.7 Å². The predicted molar refractivity (Wildman–Crippen MR) is 379 cm³/mol. The van der Waals surface area contributed by atoms with E-state index in [0.717, 1.165) is 71.6 Å². The van der Waals surface area contributed by atoms with Crippen molar-refractivity contribution in [1.82, 2.24) is 16.0 Å². The van der Waals surface area contributed by atoms with E-state index < -0.39 is 235 Å². The van der Waals surface area contributed by atoms with Gasteiger partial charge in [0.25, 0.3) is 5.79 Å². The minimum Gasteiger partial charge on any atom is -1.00 e. The maximum atomic E-state index is 13.8. The van der Waals surface area contributed by atoms with E-state index >= 15 is 0 Å². The number of carboxylic acids is 1. The van der Waals surface area contributed by atoms with Crippen molar-refractivity contribution < 1.29 is 184 Å². The Balaban J connectivity index is 0.0000154. The average Bonchev–Trinajstić information content (AvgIpc) is 0.750. The summed E-state index contributed by atoms with van der Waals surface area (Å²) in [5, 5.41) is 197. The van der Waals surface area contributed by atoms with Crippen molar-refractivity contribution in [3.8, 4) is 0 Å². The number of aliphatic carboxylic acids is 1. The smallest absolute Gasteiger partial charge is 1.00 e. The van der Waals surface area contributed by atoms with Crippen LogP contribution < -0.4 is 45.5 Å². The molecular weight excluding hydrogens is 1440 g/mol. The van der Waals surface area contributed by atoms with Gasteiger partial charge in [-0.05, 0) is 19.3 Å². The van der Waals surface area contributed by atoms with E-state index in [4.69, 9.17) is 47.4 Å². The van der Waals surface area contributed by atoms with E-state index in [-0.39, 0.29) is 43.3 Å². The molecule has 28 atom stereocenters. The number of rotatable bonds is 52. The van der Waals surface area contributed by atoms with Crippen LogP contribution >= 0.6 is 0 Å². The van der Waals surface area contributed by atoms with Crippen LogP contribution in [-0.2, 0) is 66.5 Å². The minimum atomic E-state index is -3.38. The molecule has 20 N–H and O–H groups in total. The number of ether oxygens (including phenoxy) is 10. The van der Waals surface area contributed by atoms with E-state index in [2.05, 4.69) is 29.8 Å². The van der Waals surface area contributed by atoms with E-state index in [1.54, 1.807) is 6.08 Å². The van der Waals surface area contributed by atoms with Crippen LogP contribution in [-0.4, -0.2) is 321 Å². The number of aliphatic hydroxyl groups excluding tert-OH is 16. The Morgan fingerprint density at radius 3 is 1.44 bits per heavy atom. The van der Waals surface area contributed by atoms with Crippen molar-refractivity contribution in [2.75, 3.05) is 39.6 Å². The summed E-state index contributed by atoms with van der Waals surface area (Å²) in [5.41, 5.74) is 0. The summed E-state index contributed by atoms with van der Waals surface area (Å²) in [4.78, 5) is 53.0. The Hall–Kier alpha value is -2.42. The summed E-state index contributed by atoms with van der Waals surface area (Å²) in [6.07, 6.45) is -16.8. The molecule has 35 heteroatoms. The van der Waals surface area contributed by atoms with Crippen molar-refractivity contribution in [3.63, 3.8) is 0 Å². The van der Waals surface area contributed by atoms with Gasteiger partial charge in [0.2, 0.25) is 17.7 Å². The summed E-state index contributed by atoms with van der Waals surface area (Å²) >= 11 is 0. The largest absolute Gasteiger partial charge is 1.00 e. The second-order valence-corrected chi connectivity index (χ2v) is 29.3. The Labute approximate surface area is 657 Å². The molecular formula is C73H132N3NaO31. The molecule has 0 saturated carbocycles. The number of allylic oxidation sites excluding steroid dienone is 1. The van der Waals surface area contributed by atoms with Gasteiger partial charge >= 0.3 is 35.5 Å². The van der Waals surface area contributed by atoms with Crippen LogP contribution in [0, 0.1) is 0 Å². The maximum absolute atomic E-state index is 13.8. The van der Waals surface area contributed by atoms with E-state index in [1.807, 2.05) is 6.08 Å². The van der Waals surface area contributed by atoms with Gasteiger partial charge < -0.3 is 152 Å². The van der Waals surface area contributed by atoms with Gasteiger partial charge in [-0.2, -0.15) is 0 Å². The molecule has 5 saturated heterocycles. The molecule has 3 amide bonds. The fourth-order valence-corrected chi connectivity index (χ4v) is 14.3. The summed E-state index contributed by atoms with van der Waals surface area (Å²) in [5.74, 6) is -7.71. The van der Waals surface area contributed by atoms with Crippen LogP contribution in [0.5, 0.6) is 0 Å². The number of aliphatic hydroxyl groups is 16. The third-order valence-electron chi connectivity index (χ3n) is 20.6. The van der Waals surface area contributed by atoms with Gasteiger partial charge in [-0.1, -0.05) is 180 Å². The Morgan fingerprint density at radius 2 is 0.935 bits per heavy atom. The van der Waals surface area contributed by atoms with Crippen molar-refractivity contribution in [1.29, 1.82) is 0 Å². The van der Waals surface area contributed by atoms with Crippen LogP contribution in [0.1, 0.15) is 215 Å². The quantitative estimate of drug-likeness (QED) is 0.0157. The molecule has 34 nitrogen and oxygen atoms in total. The van der Waals surface area contributed by atoms with Gasteiger partial charge in [0, 0.05) is 26.7 Å². The number of unbranched alkanes of at least 4 members (excludes halogenated alkanes) is 25. The summed E-state index contributed by atoms with van der Waals surface area (Å²) < 4.78 is 60.1. The molecule has 626 valence electrons. The van der Waals surface area contributed by atoms with Crippen molar-refractivity contribution in [2.24, 2.45) is 0 Å². The zero-order valence-corrected chi connectivity index (χ0v) is 65.8. The van der Waals surface area contributed by atoms with Gasteiger partial charge in [0.1, 0.15) is 116 Å². The predicted octanol–water partition coefficient (Wildman–Crippen LogP) is -3.93. The first-order valence-electron chi connectivity index (χ1n) is 39.1. The van der Waals surface area contributed by atoms with Gasteiger partial charge in [0.15, 0.2) is 25.2 Å². The molecule has 5 rings (SSSR count). The zero-order valence-electron chi connectivity index (χ0n) is 64.8. The third-order valence-corrected chi connectivity index (χ3v) is 20.6. The minimum absolute atomic E-state index is 0. The molecule has 5 aliphatic heterocycles. The van der Waals surface area contributed by atoms with Crippen LogP contribution in [0.2, 0.25) is 0 Å². The summed E-state index contributed by atoms with van der Waals surface area (Å²) in [7, 11) is 0. The number of hydrogen-bond acceptors (Lipinski definition) is 30. The van der Waals surface area contributed by atoms with Crippen molar-refractivity contribution in [3.05, 3.63) is 12.2 Å². The molecule has 0 aromatic rings. The average molecular weight is 1570 g/mol. The normalized spacial score (nSPS) is 34.3. The molecule has 108 heavy (non-hydrogen) atoms.